The number of nitrogens with zero attached hydrogens (tertiary/aromatic N) is 1. The van der Waals surface area contributed by atoms with Crippen molar-refractivity contribution in [3.05, 3.63) is 35.4 Å². The van der Waals surface area contributed by atoms with Crippen molar-refractivity contribution in [3.63, 3.8) is 0 Å². The summed E-state index contributed by atoms with van der Waals surface area (Å²) in [7, 11) is 1.70. The van der Waals surface area contributed by atoms with Gasteiger partial charge in [-0.25, -0.2) is 0 Å². The van der Waals surface area contributed by atoms with Crippen LogP contribution in [0, 0.1) is 0 Å². The molecular weight excluding hydrogens is 224 g/mol. The Kier molecular flexibility index (Phi) is 3.92. The third-order valence-corrected chi connectivity index (χ3v) is 3.39. The van der Waals surface area contributed by atoms with Crippen LogP contribution in [0.5, 0.6) is 5.75 Å². The molecule has 2 N–H and O–H groups in total. The predicted octanol–water partition coefficient (Wildman–Crippen LogP) is 2.87. The van der Waals surface area contributed by atoms with Crippen LogP contribution in [0.25, 0.3) is 0 Å². The maximum Gasteiger partial charge on any atom is 0.125 e. The van der Waals surface area contributed by atoms with Gasteiger partial charge in [0.2, 0.25) is 0 Å². The number of rotatable bonds is 3. The summed E-state index contributed by atoms with van der Waals surface area (Å²) in [6, 6.07) is 6.13. The summed E-state index contributed by atoms with van der Waals surface area (Å²) in [5.41, 5.74) is 9.84. The van der Waals surface area contributed by atoms with Crippen molar-refractivity contribution in [2.75, 3.05) is 25.1 Å². The van der Waals surface area contributed by atoms with Crippen LogP contribution < -0.4 is 15.4 Å². The quantitative estimate of drug-likeness (QED) is 0.833. The lowest BCUT2D eigenvalue weighted by atomic mass is 10.0. The van der Waals surface area contributed by atoms with Gasteiger partial charge in [-0.15, -0.1) is 0 Å². The number of hydrogen-bond donors (Lipinski definition) is 1. The largest absolute Gasteiger partial charge is 0.496 e. The number of hydrogen-bond acceptors (Lipinski definition) is 3. The first-order chi connectivity index (χ1) is 8.63. The van der Waals surface area contributed by atoms with E-state index in [4.69, 9.17) is 10.5 Å². The summed E-state index contributed by atoms with van der Waals surface area (Å²) in [4.78, 5) is 2.39. The highest BCUT2D eigenvalue weighted by Crippen LogP contribution is 2.34. The van der Waals surface area contributed by atoms with Crippen molar-refractivity contribution in [3.8, 4) is 5.75 Å². The predicted molar refractivity (Wildman–Crippen MR) is 76.2 cm³/mol. The summed E-state index contributed by atoms with van der Waals surface area (Å²) < 4.78 is 5.44. The van der Waals surface area contributed by atoms with E-state index >= 15 is 0 Å². The summed E-state index contributed by atoms with van der Waals surface area (Å²) in [6.07, 6.45) is 3.41. The van der Waals surface area contributed by atoms with Crippen LogP contribution in [0.3, 0.4) is 0 Å². The summed E-state index contributed by atoms with van der Waals surface area (Å²) in [5.74, 6) is 0.884. The molecule has 0 spiro atoms. The topological polar surface area (TPSA) is 38.5 Å². The lowest BCUT2D eigenvalue weighted by Crippen LogP contribution is -2.30. The fourth-order valence-corrected chi connectivity index (χ4v) is 2.56. The lowest BCUT2D eigenvalue weighted by Gasteiger charge is -2.31. The molecule has 2 rings (SSSR count). The number of ether oxygens (including phenoxy) is 1. The Morgan fingerprint density at radius 3 is 2.78 bits per heavy atom. The van der Waals surface area contributed by atoms with Crippen LogP contribution in [0.2, 0.25) is 0 Å². The van der Waals surface area contributed by atoms with Crippen molar-refractivity contribution >= 4 is 5.69 Å². The number of benzene rings is 1. The Hall–Kier alpha value is -1.48. The van der Waals surface area contributed by atoms with Gasteiger partial charge in [-0.05, 0) is 32.4 Å². The Morgan fingerprint density at radius 1 is 1.39 bits per heavy atom. The van der Waals surface area contributed by atoms with Crippen LogP contribution in [0.4, 0.5) is 5.69 Å². The van der Waals surface area contributed by atoms with E-state index in [0.717, 1.165) is 30.8 Å². The van der Waals surface area contributed by atoms with Gasteiger partial charge in [-0.2, -0.15) is 0 Å². The van der Waals surface area contributed by atoms with Gasteiger partial charge in [0, 0.05) is 30.4 Å². The monoisotopic (exact) mass is 246 g/mol. The lowest BCUT2D eigenvalue weighted by molar-refractivity contribution is 0.407. The number of anilines is 1. The van der Waals surface area contributed by atoms with E-state index in [1.54, 1.807) is 7.11 Å². The van der Waals surface area contributed by atoms with Crippen LogP contribution in [0.1, 0.15) is 31.9 Å². The smallest absolute Gasteiger partial charge is 0.125 e. The van der Waals surface area contributed by atoms with E-state index in [0.29, 0.717) is 0 Å². The molecule has 0 saturated heterocycles. The molecule has 0 radical (unpaired) electrons. The molecule has 1 aliphatic heterocycles. The highest BCUT2D eigenvalue weighted by molar-refractivity contribution is 5.61. The summed E-state index contributed by atoms with van der Waals surface area (Å²) in [5, 5.41) is 0. The average molecular weight is 246 g/mol. The zero-order valence-electron chi connectivity index (χ0n) is 11.4. The van der Waals surface area contributed by atoms with Gasteiger partial charge in [-0.3, -0.25) is 0 Å². The van der Waals surface area contributed by atoms with Crippen LogP contribution >= 0.6 is 0 Å². The molecule has 3 nitrogen and oxygen atoms in total. The maximum absolute atomic E-state index is 6.11. The molecule has 0 aromatic heterocycles. The molecule has 0 saturated carbocycles. The molecule has 0 fully saturated rings. The normalized spacial score (nSPS) is 17.3. The third-order valence-electron chi connectivity index (χ3n) is 3.39. The van der Waals surface area contributed by atoms with Crippen LogP contribution in [-0.2, 0) is 0 Å². The minimum absolute atomic E-state index is 0.0256. The molecule has 1 atom stereocenters. The molecule has 1 heterocycles. The summed E-state index contributed by atoms with van der Waals surface area (Å²) in [6.45, 7) is 6.21. The molecule has 1 aliphatic rings. The second kappa shape index (κ2) is 5.44. The Morgan fingerprint density at radius 2 is 2.17 bits per heavy atom. The van der Waals surface area contributed by atoms with E-state index < -0.39 is 0 Å². The molecule has 0 bridgehead atoms. The maximum atomic E-state index is 6.11. The summed E-state index contributed by atoms with van der Waals surface area (Å²) >= 11 is 0. The molecule has 0 amide bonds. The Labute approximate surface area is 109 Å². The number of nitrogens with two attached hydrogens (primary N) is 1. The Balaban J connectivity index is 2.41. The Bertz CT molecular complexity index is 452. The van der Waals surface area contributed by atoms with E-state index in [1.165, 1.54) is 11.3 Å². The van der Waals surface area contributed by atoms with Gasteiger partial charge in [0.1, 0.15) is 5.75 Å². The van der Waals surface area contributed by atoms with Gasteiger partial charge in [0.25, 0.3) is 0 Å². The van der Waals surface area contributed by atoms with Gasteiger partial charge >= 0.3 is 0 Å². The van der Waals surface area contributed by atoms with Crippen molar-refractivity contribution in [2.24, 2.45) is 5.73 Å². The molecule has 98 valence electrons. The van der Waals surface area contributed by atoms with E-state index in [-0.39, 0.29) is 6.04 Å². The minimum Gasteiger partial charge on any atom is -0.496 e. The van der Waals surface area contributed by atoms with Gasteiger partial charge < -0.3 is 15.4 Å². The van der Waals surface area contributed by atoms with E-state index in [2.05, 4.69) is 24.0 Å². The zero-order valence-corrected chi connectivity index (χ0v) is 11.4. The molecule has 3 heteroatoms. The first-order valence-electron chi connectivity index (χ1n) is 6.46. The SMILES string of the molecule is COc1cccc(N2CCC=C(C)C2)c1[C@H](C)N. The van der Waals surface area contributed by atoms with Crippen LogP contribution in [0.15, 0.2) is 29.8 Å². The average Bonchev–Trinajstić information content (AvgIpc) is 2.37. The number of methoxy groups -OCH3 is 1. The van der Waals surface area contributed by atoms with Crippen LogP contribution in [-0.4, -0.2) is 20.2 Å². The van der Waals surface area contributed by atoms with Gasteiger partial charge in [0.15, 0.2) is 0 Å². The minimum atomic E-state index is -0.0256. The van der Waals surface area contributed by atoms with E-state index in [1.807, 2.05) is 19.1 Å². The highest BCUT2D eigenvalue weighted by atomic mass is 16.5. The first kappa shape index (κ1) is 13.0. The molecular formula is C15H22N2O. The zero-order chi connectivity index (χ0) is 13.1. The molecule has 1 aromatic rings. The van der Waals surface area contributed by atoms with Crippen molar-refractivity contribution in [1.29, 1.82) is 0 Å². The third kappa shape index (κ3) is 2.51. The standard InChI is InChI=1S/C15H22N2O/c1-11-6-5-9-17(10-11)13-7-4-8-14(18-3)15(13)12(2)16/h4,6-8,12H,5,9-10,16H2,1-3H3/t12-/m0/s1. The fourth-order valence-electron chi connectivity index (χ4n) is 2.56. The fraction of sp³-hybridized carbons (Fsp3) is 0.467. The van der Waals surface area contributed by atoms with Gasteiger partial charge in [0.05, 0.1) is 7.11 Å². The first-order valence-corrected chi connectivity index (χ1v) is 6.46. The van der Waals surface area contributed by atoms with Crippen molar-refractivity contribution in [2.45, 2.75) is 26.3 Å². The molecule has 0 aliphatic carbocycles. The molecule has 0 unspecified atom stereocenters. The van der Waals surface area contributed by atoms with E-state index in [9.17, 15) is 0 Å². The molecule has 18 heavy (non-hydrogen) atoms. The van der Waals surface area contributed by atoms with Crippen molar-refractivity contribution in [1.82, 2.24) is 0 Å². The molecule has 1 aromatic carbocycles. The highest BCUT2D eigenvalue weighted by Gasteiger charge is 2.19. The van der Waals surface area contributed by atoms with Crippen molar-refractivity contribution < 1.29 is 4.74 Å². The second-order valence-corrected chi connectivity index (χ2v) is 4.94. The van der Waals surface area contributed by atoms with Gasteiger partial charge in [-0.1, -0.05) is 17.7 Å². The second-order valence-electron chi connectivity index (χ2n) is 4.94.